The first-order valence-corrected chi connectivity index (χ1v) is 7.19. The third kappa shape index (κ3) is 2.83. The molecule has 0 bridgehead atoms. The Morgan fingerprint density at radius 2 is 2.29 bits per heavy atom. The van der Waals surface area contributed by atoms with Crippen molar-refractivity contribution >= 4 is 5.91 Å². The van der Waals surface area contributed by atoms with Gasteiger partial charge in [-0.05, 0) is 17.5 Å². The molecule has 110 valence electrons. The number of hydrogen-bond acceptors (Lipinski definition) is 3. The molecule has 21 heavy (non-hydrogen) atoms. The second-order valence-corrected chi connectivity index (χ2v) is 5.55. The second-order valence-electron chi connectivity index (χ2n) is 5.55. The fraction of sp³-hybridized carbons (Fsp3) is 0.375. The summed E-state index contributed by atoms with van der Waals surface area (Å²) in [4.78, 5) is 14.5. The van der Waals surface area contributed by atoms with Gasteiger partial charge in [0.1, 0.15) is 6.04 Å². The summed E-state index contributed by atoms with van der Waals surface area (Å²) in [7, 11) is 3.72. The molecule has 1 unspecified atom stereocenters. The Morgan fingerprint density at radius 1 is 1.48 bits per heavy atom. The van der Waals surface area contributed by atoms with Crippen molar-refractivity contribution in [3.05, 3.63) is 53.3 Å². The zero-order valence-electron chi connectivity index (χ0n) is 12.4. The number of nitrogens with one attached hydrogen (secondary N) is 1. The van der Waals surface area contributed by atoms with Gasteiger partial charge in [-0.2, -0.15) is 5.10 Å². The highest BCUT2D eigenvalue weighted by atomic mass is 16.2. The molecule has 2 aromatic rings. The van der Waals surface area contributed by atoms with Crippen LogP contribution in [0.2, 0.25) is 0 Å². The topological polar surface area (TPSA) is 50.2 Å². The largest absolute Gasteiger partial charge is 0.340 e. The SMILES string of the molecule is CN(Cc1cnn(C)c1)C(=O)C1NCCc2ccccc21. The average Bonchev–Trinajstić information content (AvgIpc) is 2.91. The normalized spacial score (nSPS) is 17.3. The summed E-state index contributed by atoms with van der Waals surface area (Å²) in [6, 6.07) is 7.94. The predicted octanol–water partition coefficient (Wildman–Crippen LogP) is 1.27. The van der Waals surface area contributed by atoms with Crippen LogP contribution >= 0.6 is 0 Å². The maximum absolute atomic E-state index is 12.7. The van der Waals surface area contributed by atoms with Gasteiger partial charge in [0.2, 0.25) is 5.91 Å². The molecule has 0 saturated heterocycles. The van der Waals surface area contributed by atoms with Crippen molar-refractivity contribution < 1.29 is 4.79 Å². The van der Waals surface area contributed by atoms with Gasteiger partial charge in [0.05, 0.1) is 6.20 Å². The zero-order chi connectivity index (χ0) is 14.8. The summed E-state index contributed by atoms with van der Waals surface area (Å²) < 4.78 is 1.75. The van der Waals surface area contributed by atoms with Gasteiger partial charge < -0.3 is 10.2 Å². The summed E-state index contributed by atoms with van der Waals surface area (Å²) in [6.45, 7) is 1.42. The number of nitrogens with zero attached hydrogens (tertiary/aromatic N) is 3. The van der Waals surface area contributed by atoms with Crippen LogP contribution in [0.5, 0.6) is 0 Å². The standard InChI is InChI=1S/C16H20N4O/c1-19(10-12-9-18-20(2)11-12)16(21)15-14-6-4-3-5-13(14)7-8-17-15/h3-6,9,11,15,17H,7-8,10H2,1-2H3. The number of aromatic nitrogens is 2. The van der Waals surface area contributed by atoms with E-state index in [4.69, 9.17) is 0 Å². The van der Waals surface area contributed by atoms with Crippen molar-refractivity contribution in [1.82, 2.24) is 20.0 Å². The zero-order valence-corrected chi connectivity index (χ0v) is 12.4. The fourth-order valence-corrected chi connectivity index (χ4v) is 2.85. The highest BCUT2D eigenvalue weighted by Crippen LogP contribution is 2.24. The Bertz CT molecular complexity index is 649. The predicted molar refractivity (Wildman–Crippen MR) is 80.6 cm³/mol. The molecule has 5 nitrogen and oxygen atoms in total. The molecule has 0 saturated carbocycles. The van der Waals surface area contributed by atoms with Crippen LogP contribution in [0.1, 0.15) is 22.7 Å². The van der Waals surface area contributed by atoms with Crippen molar-refractivity contribution in [1.29, 1.82) is 0 Å². The second kappa shape index (κ2) is 5.69. The van der Waals surface area contributed by atoms with Gasteiger partial charge in [-0.1, -0.05) is 24.3 Å². The van der Waals surface area contributed by atoms with Crippen molar-refractivity contribution in [2.45, 2.75) is 19.0 Å². The van der Waals surface area contributed by atoms with E-state index in [-0.39, 0.29) is 11.9 Å². The van der Waals surface area contributed by atoms with Crippen LogP contribution in [0.4, 0.5) is 0 Å². The molecule has 0 aliphatic carbocycles. The van der Waals surface area contributed by atoms with Gasteiger partial charge in [-0.15, -0.1) is 0 Å². The van der Waals surface area contributed by atoms with E-state index in [0.29, 0.717) is 6.54 Å². The van der Waals surface area contributed by atoms with E-state index in [1.54, 1.807) is 15.8 Å². The Labute approximate surface area is 124 Å². The van der Waals surface area contributed by atoms with E-state index < -0.39 is 0 Å². The van der Waals surface area contributed by atoms with Crippen molar-refractivity contribution in [2.75, 3.05) is 13.6 Å². The lowest BCUT2D eigenvalue weighted by Gasteiger charge is -2.29. The Morgan fingerprint density at radius 3 is 3.05 bits per heavy atom. The first-order chi connectivity index (χ1) is 10.1. The van der Waals surface area contributed by atoms with Gasteiger partial charge in [0.15, 0.2) is 0 Å². The molecule has 1 atom stereocenters. The number of likely N-dealkylation sites (N-methyl/N-ethyl adjacent to an activating group) is 1. The van der Waals surface area contributed by atoms with Crippen molar-refractivity contribution in [3.63, 3.8) is 0 Å². The highest BCUT2D eigenvalue weighted by molar-refractivity contribution is 5.83. The number of rotatable bonds is 3. The Hall–Kier alpha value is -2.14. The van der Waals surface area contributed by atoms with E-state index >= 15 is 0 Å². The van der Waals surface area contributed by atoms with E-state index in [1.807, 2.05) is 38.5 Å². The summed E-state index contributed by atoms with van der Waals surface area (Å²) in [5.74, 6) is 0.103. The lowest BCUT2D eigenvalue weighted by Crippen LogP contribution is -2.41. The quantitative estimate of drug-likeness (QED) is 0.923. The van der Waals surface area contributed by atoms with Crippen LogP contribution in [0.25, 0.3) is 0 Å². The Kier molecular flexibility index (Phi) is 3.75. The number of aryl methyl sites for hydroxylation is 1. The van der Waals surface area contributed by atoms with Crippen LogP contribution in [0.3, 0.4) is 0 Å². The third-order valence-electron chi connectivity index (χ3n) is 3.91. The molecule has 2 heterocycles. The van der Waals surface area contributed by atoms with E-state index in [1.165, 1.54) is 5.56 Å². The molecular weight excluding hydrogens is 264 g/mol. The molecule has 1 aromatic heterocycles. The molecule has 1 aliphatic heterocycles. The molecule has 1 amide bonds. The lowest BCUT2D eigenvalue weighted by molar-refractivity contribution is -0.133. The van der Waals surface area contributed by atoms with Crippen LogP contribution in [0, 0.1) is 0 Å². The van der Waals surface area contributed by atoms with Crippen LogP contribution in [-0.2, 0) is 24.8 Å². The first-order valence-electron chi connectivity index (χ1n) is 7.19. The van der Waals surface area contributed by atoms with Crippen LogP contribution in [0.15, 0.2) is 36.7 Å². The van der Waals surface area contributed by atoms with Gasteiger partial charge in [0, 0.05) is 38.9 Å². The number of hydrogen-bond donors (Lipinski definition) is 1. The van der Waals surface area contributed by atoms with Crippen molar-refractivity contribution in [2.24, 2.45) is 7.05 Å². The highest BCUT2D eigenvalue weighted by Gasteiger charge is 2.28. The van der Waals surface area contributed by atoms with E-state index in [9.17, 15) is 4.79 Å². The van der Waals surface area contributed by atoms with Crippen molar-refractivity contribution in [3.8, 4) is 0 Å². The van der Waals surface area contributed by atoms with Gasteiger partial charge in [0.25, 0.3) is 0 Å². The molecule has 3 rings (SSSR count). The molecule has 5 heteroatoms. The minimum atomic E-state index is -0.239. The number of benzene rings is 1. The number of carbonyl (C=O) groups excluding carboxylic acids is 1. The maximum Gasteiger partial charge on any atom is 0.244 e. The molecule has 0 radical (unpaired) electrons. The number of amides is 1. The van der Waals surface area contributed by atoms with Gasteiger partial charge >= 0.3 is 0 Å². The minimum absolute atomic E-state index is 0.103. The molecule has 0 spiro atoms. The van der Waals surface area contributed by atoms with E-state index in [2.05, 4.69) is 16.5 Å². The first kappa shape index (κ1) is 13.8. The van der Waals surface area contributed by atoms with Crippen LogP contribution < -0.4 is 5.32 Å². The summed E-state index contributed by atoms with van der Waals surface area (Å²) in [5, 5.41) is 7.48. The molecular formula is C16H20N4O. The molecule has 1 N–H and O–H groups in total. The van der Waals surface area contributed by atoms with Gasteiger partial charge in [-0.3, -0.25) is 9.48 Å². The average molecular weight is 284 g/mol. The van der Waals surface area contributed by atoms with Crippen LogP contribution in [-0.4, -0.2) is 34.2 Å². The fourth-order valence-electron chi connectivity index (χ4n) is 2.85. The summed E-state index contributed by atoms with van der Waals surface area (Å²) in [6.07, 6.45) is 4.71. The number of carbonyl (C=O) groups is 1. The monoisotopic (exact) mass is 284 g/mol. The number of fused-ring (bicyclic) bond motifs is 1. The maximum atomic E-state index is 12.7. The van der Waals surface area contributed by atoms with Gasteiger partial charge in [-0.25, -0.2) is 0 Å². The lowest BCUT2D eigenvalue weighted by atomic mass is 9.93. The smallest absolute Gasteiger partial charge is 0.244 e. The summed E-state index contributed by atoms with van der Waals surface area (Å²) >= 11 is 0. The minimum Gasteiger partial charge on any atom is -0.340 e. The van der Waals surface area contributed by atoms with E-state index in [0.717, 1.165) is 24.1 Å². The Balaban J connectivity index is 1.76. The summed E-state index contributed by atoms with van der Waals surface area (Å²) in [5.41, 5.74) is 3.41. The third-order valence-corrected chi connectivity index (χ3v) is 3.91. The molecule has 1 aliphatic rings. The molecule has 0 fully saturated rings. The molecule has 1 aromatic carbocycles.